The minimum absolute atomic E-state index is 0.0445. The van der Waals surface area contributed by atoms with Gasteiger partial charge in [-0.3, -0.25) is 14.6 Å². The van der Waals surface area contributed by atoms with Crippen LogP contribution in [0.25, 0.3) is 0 Å². The average Bonchev–Trinajstić information content (AvgIpc) is 3.08. The third kappa shape index (κ3) is 5.59. The van der Waals surface area contributed by atoms with Crippen LogP contribution in [0.5, 0.6) is 11.5 Å². The molecule has 27 heavy (non-hydrogen) atoms. The molecule has 1 N–H and O–H groups in total. The highest BCUT2D eigenvalue weighted by molar-refractivity contribution is 7.16. The van der Waals surface area contributed by atoms with Crippen molar-refractivity contribution in [2.24, 2.45) is 0 Å². The van der Waals surface area contributed by atoms with E-state index in [1.807, 2.05) is 6.07 Å². The van der Waals surface area contributed by atoms with Gasteiger partial charge < -0.3 is 14.8 Å². The second kappa shape index (κ2) is 9.41. The van der Waals surface area contributed by atoms with Gasteiger partial charge in [-0.1, -0.05) is 11.6 Å². The molecule has 1 aromatic heterocycles. The van der Waals surface area contributed by atoms with Crippen molar-refractivity contribution in [1.29, 1.82) is 0 Å². The summed E-state index contributed by atoms with van der Waals surface area (Å²) in [5.74, 6) is 1.23. The summed E-state index contributed by atoms with van der Waals surface area (Å²) in [6.45, 7) is 4.90. The maximum absolute atomic E-state index is 12.4. The topological polar surface area (TPSA) is 54.0 Å². The molecule has 1 saturated heterocycles. The number of methoxy groups -OCH3 is 2. The molecule has 1 fully saturated rings. The van der Waals surface area contributed by atoms with Crippen LogP contribution in [0.3, 0.4) is 0 Å². The van der Waals surface area contributed by atoms with E-state index in [2.05, 4.69) is 21.2 Å². The average molecular weight is 410 g/mol. The number of nitrogens with one attached hydrogen (secondary N) is 1. The zero-order valence-corrected chi connectivity index (χ0v) is 17.1. The first-order chi connectivity index (χ1) is 13.1. The Labute approximate surface area is 168 Å². The molecule has 2 aromatic rings. The quantitative estimate of drug-likeness (QED) is 0.761. The van der Waals surface area contributed by atoms with Gasteiger partial charge in [-0.25, -0.2) is 0 Å². The minimum atomic E-state index is -0.0445. The highest BCUT2D eigenvalue weighted by atomic mass is 35.5. The van der Waals surface area contributed by atoms with Gasteiger partial charge in [-0.2, -0.15) is 0 Å². The lowest BCUT2D eigenvalue weighted by Gasteiger charge is -2.34. The molecule has 0 unspecified atom stereocenters. The maximum atomic E-state index is 12.4. The Hall–Kier alpha value is -1.80. The molecule has 1 aliphatic heterocycles. The van der Waals surface area contributed by atoms with Gasteiger partial charge >= 0.3 is 0 Å². The van der Waals surface area contributed by atoms with Gasteiger partial charge in [0, 0.05) is 43.7 Å². The van der Waals surface area contributed by atoms with Gasteiger partial charge in [0.15, 0.2) is 0 Å². The Kier molecular flexibility index (Phi) is 6.95. The molecule has 0 radical (unpaired) electrons. The number of hydrogen-bond acceptors (Lipinski definition) is 6. The van der Waals surface area contributed by atoms with Crippen LogP contribution in [0.15, 0.2) is 30.3 Å². The Bertz CT molecular complexity index is 775. The first kappa shape index (κ1) is 19.9. The number of piperazine rings is 1. The molecule has 146 valence electrons. The van der Waals surface area contributed by atoms with Gasteiger partial charge in [0.25, 0.3) is 0 Å². The van der Waals surface area contributed by atoms with Crippen LogP contribution in [0, 0.1) is 0 Å². The third-order valence-electron chi connectivity index (χ3n) is 4.52. The molecular formula is C19H24ClN3O3S. The number of thiophene rings is 1. The molecule has 6 nitrogen and oxygen atoms in total. The summed E-state index contributed by atoms with van der Waals surface area (Å²) in [5, 5.41) is 2.93. The van der Waals surface area contributed by atoms with Crippen molar-refractivity contribution in [2.45, 2.75) is 6.54 Å². The Balaban J connectivity index is 1.47. The summed E-state index contributed by atoms with van der Waals surface area (Å²) >= 11 is 7.62. The van der Waals surface area contributed by atoms with E-state index in [4.69, 9.17) is 21.1 Å². The van der Waals surface area contributed by atoms with Crippen LogP contribution in [0.1, 0.15) is 4.88 Å². The van der Waals surface area contributed by atoms with Crippen molar-refractivity contribution in [3.05, 3.63) is 39.5 Å². The molecule has 2 heterocycles. The second-order valence-electron chi connectivity index (χ2n) is 6.37. The number of ether oxygens (including phenoxy) is 2. The van der Waals surface area contributed by atoms with Gasteiger partial charge in [-0.05, 0) is 24.3 Å². The lowest BCUT2D eigenvalue weighted by atomic mass is 10.2. The van der Waals surface area contributed by atoms with Crippen LogP contribution in [-0.2, 0) is 11.3 Å². The lowest BCUT2D eigenvalue weighted by Crippen LogP contribution is -2.48. The number of carbonyl (C=O) groups is 1. The number of hydrogen-bond donors (Lipinski definition) is 1. The highest BCUT2D eigenvalue weighted by Gasteiger charge is 2.20. The molecule has 0 atom stereocenters. The molecule has 0 aliphatic carbocycles. The van der Waals surface area contributed by atoms with Gasteiger partial charge in [0.1, 0.15) is 11.5 Å². The number of halogens is 1. The summed E-state index contributed by atoms with van der Waals surface area (Å²) in [4.78, 5) is 18.2. The highest BCUT2D eigenvalue weighted by Crippen LogP contribution is 2.29. The van der Waals surface area contributed by atoms with Crippen molar-refractivity contribution in [3.63, 3.8) is 0 Å². The maximum Gasteiger partial charge on any atom is 0.238 e. The van der Waals surface area contributed by atoms with Gasteiger partial charge in [0.05, 0.1) is 30.8 Å². The summed E-state index contributed by atoms with van der Waals surface area (Å²) in [6.07, 6.45) is 0. The Morgan fingerprint density at radius 2 is 1.85 bits per heavy atom. The van der Waals surface area contributed by atoms with E-state index in [0.717, 1.165) is 37.1 Å². The molecule has 0 spiro atoms. The van der Waals surface area contributed by atoms with Crippen LogP contribution < -0.4 is 14.8 Å². The largest absolute Gasteiger partial charge is 0.497 e. The number of nitrogens with zero attached hydrogens (tertiary/aromatic N) is 2. The zero-order valence-electron chi connectivity index (χ0n) is 15.5. The summed E-state index contributed by atoms with van der Waals surface area (Å²) in [6, 6.07) is 9.36. The fraction of sp³-hybridized carbons (Fsp3) is 0.421. The number of carbonyl (C=O) groups excluding carboxylic acids is 1. The van der Waals surface area contributed by atoms with Crippen LogP contribution in [-0.4, -0.2) is 62.7 Å². The van der Waals surface area contributed by atoms with E-state index in [1.54, 1.807) is 43.8 Å². The van der Waals surface area contributed by atoms with Crippen molar-refractivity contribution >= 4 is 34.5 Å². The van der Waals surface area contributed by atoms with Crippen molar-refractivity contribution in [3.8, 4) is 11.5 Å². The van der Waals surface area contributed by atoms with E-state index < -0.39 is 0 Å². The fourth-order valence-corrected chi connectivity index (χ4v) is 4.19. The standard InChI is InChI=1S/C19H24ClN3O3S/c1-25-14-3-5-16(17(11-14)26-2)21-19(24)13-23-9-7-22(8-10-23)12-15-4-6-18(20)27-15/h3-6,11H,7-10,12-13H2,1-2H3,(H,21,24). The smallest absolute Gasteiger partial charge is 0.238 e. The van der Waals surface area contributed by atoms with E-state index in [1.165, 1.54) is 4.88 Å². The van der Waals surface area contributed by atoms with E-state index in [0.29, 0.717) is 23.7 Å². The summed E-state index contributed by atoms with van der Waals surface area (Å²) < 4.78 is 11.3. The molecule has 1 amide bonds. The van der Waals surface area contributed by atoms with Crippen molar-refractivity contribution in [1.82, 2.24) is 9.80 Å². The molecule has 0 bridgehead atoms. The number of benzene rings is 1. The number of rotatable bonds is 7. The summed E-state index contributed by atoms with van der Waals surface area (Å²) in [5.41, 5.74) is 0.650. The fourth-order valence-electron chi connectivity index (χ4n) is 3.06. The number of anilines is 1. The SMILES string of the molecule is COc1ccc(NC(=O)CN2CCN(Cc3ccc(Cl)s3)CC2)c(OC)c1. The predicted octanol–water partition coefficient (Wildman–Crippen LogP) is 3.18. The molecule has 0 saturated carbocycles. The van der Waals surface area contributed by atoms with Crippen molar-refractivity contribution in [2.75, 3.05) is 52.3 Å². The monoisotopic (exact) mass is 409 g/mol. The Morgan fingerprint density at radius 3 is 2.48 bits per heavy atom. The first-order valence-electron chi connectivity index (χ1n) is 8.78. The lowest BCUT2D eigenvalue weighted by molar-refractivity contribution is -0.117. The summed E-state index contributed by atoms with van der Waals surface area (Å²) in [7, 11) is 3.17. The molecular weight excluding hydrogens is 386 g/mol. The molecule has 8 heteroatoms. The minimum Gasteiger partial charge on any atom is -0.497 e. The molecule has 1 aliphatic rings. The zero-order chi connectivity index (χ0) is 19.2. The first-order valence-corrected chi connectivity index (χ1v) is 9.97. The van der Waals surface area contributed by atoms with Crippen LogP contribution in [0.2, 0.25) is 4.34 Å². The number of amides is 1. The van der Waals surface area contributed by atoms with E-state index in [9.17, 15) is 4.79 Å². The van der Waals surface area contributed by atoms with Gasteiger partial charge in [0.2, 0.25) is 5.91 Å². The Morgan fingerprint density at radius 1 is 1.11 bits per heavy atom. The third-order valence-corrected chi connectivity index (χ3v) is 5.74. The predicted molar refractivity (Wildman–Crippen MR) is 109 cm³/mol. The van der Waals surface area contributed by atoms with E-state index in [-0.39, 0.29) is 5.91 Å². The van der Waals surface area contributed by atoms with Crippen LogP contribution >= 0.6 is 22.9 Å². The normalized spacial score (nSPS) is 15.5. The molecule has 1 aromatic carbocycles. The molecule has 3 rings (SSSR count). The van der Waals surface area contributed by atoms with Crippen molar-refractivity contribution < 1.29 is 14.3 Å². The van der Waals surface area contributed by atoms with E-state index >= 15 is 0 Å². The van der Waals surface area contributed by atoms with Gasteiger partial charge in [-0.15, -0.1) is 11.3 Å². The van der Waals surface area contributed by atoms with Crippen LogP contribution in [0.4, 0.5) is 5.69 Å². The second-order valence-corrected chi connectivity index (χ2v) is 8.17.